The SMILES string of the molecule is O=C(CSc1ccc([N+](=O)[O-])cc1)NCC1(O)CCOC1. The van der Waals surface area contributed by atoms with E-state index in [0.717, 1.165) is 4.90 Å². The van der Waals surface area contributed by atoms with E-state index in [2.05, 4.69) is 5.32 Å². The van der Waals surface area contributed by atoms with E-state index in [9.17, 15) is 20.0 Å². The van der Waals surface area contributed by atoms with Crippen LogP contribution in [-0.2, 0) is 9.53 Å². The Morgan fingerprint density at radius 1 is 1.48 bits per heavy atom. The second kappa shape index (κ2) is 6.88. The molecule has 0 saturated carbocycles. The summed E-state index contributed by atoms with van der Waals surface area (Å²) < 4.78 is 5.09. The van der Waals surface area contributed by atoms with Crippen molar-refractivity contribution in [1.82, 2.24) is 5.32 Å². The number of hydrogen-bond donors (Lipinski definition) is 2. The molecule has 1 aromatic rings. The monoisotopic (exact) mass is 312 g/mol. The summed E-state index contributed by atoms with van der Waals surface area (Å²) in [4.78, 5) is 22.5. The van der Waals surface area contributed by atoms with Crippen LogP contribution >= 0.6 is 11.8 Å². The third-order valence-corrected chi connectivity index (χ3v) is 4.13. The van der Waals surface area contributed by atoms with Crippen LogP contribution < -0.4 is 5.32 Å². The number of hydrogen-bond acceptors (Lipinski definition) is 6. The third kappa shape index (κ3) is 4.69. The molecular weight excluding hydrogens is 296 g/mol. The molecule has 114 valence electrons. The summed E-state index contributed by atoms with van der Waals surface area (Å²) in [5.74, 6) is -0.00643. The Labute approximate surface area is 125 Å². The van der Waals surface area contributed by atoms with Gasteiger partial charge in [0.25, 0.3) is 5.69 Å². The fourth-order valence-electron chi connectivity index (χ4n) is 1.86. The molecule has 0 spiro atoms. The number of benzene rings is 1. The molecule has 1 fully saturated rings. The number of non-ortho nitro benzene ring substituents is 1. The van der Waals surface area contributed by atoms with Crippen LogP contribution in [0.15, 0.2) is 29.2 Å². The highest BCUT2D eigenvalue weighted by atomic mass is 32.2. The second-order valence-corrected chi connectivity index (χ2v) is 5.89. The Kier molecular flexibility index (Phi) is 5.16. The zero-order chi connectivity index (χ0) is 15.3. The average Bonchev–Trinajstić information content (AvgIpc) is 2.91. The summed E-state index contributed by atoms with van der Waals surface area (Å²) >= 11 is 1.28. The quantitative estimate of drug-likeness (QED) is 0.461. The lowest BCUT2D eigenvalue weighted by molar-refractivity contribution is -0.384. The number of carbonyl (C=O) groups is 1. The van der Waals surface area contributed by atoms with Crippen LogP contribution in [0.2, 0.25) is 0 Å². The van der Waals surface area contributed by atoms with E-state index in [0.29, 0.717) is 13.0 Å². The highest BCUT2D eigenvalue weighted by Gasteiger charge is 2.32. The van der Waals surface area contributed by atoms with Gasteiger partial charge in [-0.15, -0.1) is 11.8 Å². The van der Waals surface area contributed by atoms with Crippen molar-refractivity contribution in [1.29, 1.82) is 0 Å². The van der Waals surface area contributed by atoms with E-state index >= 15 is 0 Å². The molecule has 0 radical (unpaired) electrons. The van der Waals surface area contributed by atoms with Gasteiger partial charge in [-0.3, -0.25) is 14.9 Å². The van der Waals surface area contributed by atoms with E-state index < -0.39 is 10.5 Å². The normalized spacial score (nSPS) is 21.2. The number of nitro groups is 1. The molecule has 2 rings (SSSR count). The topological polar surface area (TPSA) is 102 Å². The molecular formula is C13H16N2O5S. The van der Waals surface area contributed by atoms with Crippen LogP contribution in [0.1, 0.15) is 6.42 Å². The zero-order valence-electron chi connectivity index (χ0n) is 11.3. The molecule has 21 heavy (non-hydrogen) atoms. The van der Waals surface area contributed by atoms with Gasteiger partial charge in [0.15, 0.2) is 0 Å². The smallest absolute Gasteiger partial charge is 0.269 e. The van der Waals surface area contributed by atoms with Crippen LogP contribution in [-0.4, -0.2) is 47.0 Å². The number of ether oxygens (including phenoxy) is 1. The molecule has 2 N–H and O–H groups in total. The lowest BCUT2D eigenvalue weighted by atomic mass is 10.0. The first-order chi connectivity index (χ1) is 9.98. The number of aliphatic hydroxyl groups is 1. The molecule has 0 aliphatic carbocycles. The van der Waals surface area contributed by atoms with Gasteiger partial charge >= 0.3 is 0 Å². The largest absolute Gasteiger partial charge is 0.386 e. The maximum absolute atomic E-state index is 11.7. The number of rotatable bonds is 6. The van der Waals surface area contributed by atoms with Crippen LogP contribution in [0, 0.1) is 10.1 Å². The molecule has 1 unspecified atom stereocenters. The van der Waals surface area contributed by atoms with E-state index in [1.165, 1.54) is 23.9 Å². The third-order valence-electron chi connectivity index (χ3n) is 3.11. The van der Waals surface area contributed by atoms with Crippen molar-refractivity contribution < 1.29 is 19.6 Å². The van der Waals surface area contributed by atoms with Crippen LogP contribution in [0.5, 0.6) is 0 Å². The van der Waals surface area contributed by atoms with Crippen molar-refractivity contribution >= 4 is 23.4 Å². The van der Waals surface area contributed by atoms with Crippen molar-refractivity contribution in [2.24, 2.45) is 0 Å². The van der Waals surface area contributed by atoms with Gasteiger partial charge in [0.1, 0.15) is 5.60 Å². The van der Waals surface area contributed by atoms with Gasteiger partial charge < -0.3 is 15.2 Å². The Morgan fingerprint density at radius 3 is 2.76 bits per heavy atom. The van der Waals surface area contributed by atoms with Gasteiger partial charge in [-0.25, -0.2) is 0 Å². The highest BCUT2D eigenvalue weighted by molar-refractivity contribution is 8.00. The molecule has 1 atom stereocenters. The first kappa shape index (κ1) is 15.7. The molecule has 1 aromatic carbocycles. The van der Waals surface area contributed by atoms with Gasteiger partial charge in [-0.2, -0.15) is 0 Å². The van der Waals surface area contributed by atoms with Crippen molar-refractivity contribution in [3.63, 3.8) is 0 Å². The van der Waals surface area contributed by atoms with Crippen molar-refractivity contribution in [2.75, 3.05) is 25.5 Å². The fourth-order valence-corrected chi connectivity index (χ4v) is 2.59. The van der Waals surface area contributed by atoms with Gasteiger partial charge in [0, 0.05) is 36.6 Å². The van der Waals surface area contributed by atoms with Crippen LogP contribution in [0.25, 0.3) is 0 Å². The van der Waals surface area contributed by atoms with E-state index in [1.54, 1.807) is 12.1 Å². The number of thioether (sulfide) groups is 1. The van der Waals surface area contributed by atoms with Gasteiger partial charge in [0.05, 0.1) is 17.3 Å². The first-order valence-electron chi connectivity index (χ1n) is 6.43. The summed E-state index contributed by atoms with van der Waals surface area (Å²) in [5, 5.41) is 23.2. The molecule has 8 heteroatoms. The standard InChI is InChI=1S/C13H16N2O5S/c16-12(14-8-13(17)5-6-20-9-13)7-21-11-3-1-10(2-4-11)15(18)19/h1-4,17H,5-9H2,(H,14,16). The first-order valence-corrected chi connectivity index (χ1v) is 7.41. The molecule has 1 heterocycles. The molecule has 7 nitrogen and oxygen atoms in total. The summed E-state index contributed by atoms with van der Waals surface area (Å²) in [6, 6.07) is 6.01. The Hall–Kier alpha value is -1.64. The van der Waals surface area contributed by atoms with Gasteiger partial charge in [-0.1, -0.05) is 0 Å². The molecule has 0 bridgehead atoms. The van der Waals surface area contributed by atoms with Crippen LogP contribution in [0.3, 0.4) is 0 Å². The summed E-state index contributed by atoms with van der Waals surface area (Å²) in [5.41, 5.74) is -0.944. The predicted octanol–water partition coefficient (Wildman–Crippen LogP) is 0.954. The Balaban J connectivity index is 1.74. The van der Waals surface area contributed by atoms with Crippen molar-refractivity contribution in [3.8, 4) is 0 Å². The minimum absolute atomic E-state index is 0.0206. The minimum Gasteiger partial charge on any atom is -0.386 e. The summed E-state index contributed by atoms with van der Waals surface area (Å²) in [6.07, 6.45) is 0.517. The Morgan fingerprint density at radius 2 is 2.19 bits per heavy atom. The maximum Gasteiger partial charge on any atom is 0.269 e. The van der Waals surface area contributed by atoms with Gasteiger partial charge in [-0.05, 0) is 12.1 Å². The zero-order valence-corrected chi connectivity index (χ0v) is 12.1. The van der Waals surface area contributed by atoms with E-state index in [1.807, 2.05) is 0 Å². The highest BCUT2D eigenvalue weighted by Crippen LogP contribution is 2.21. The minimum atomic E-state index is -0.965. The average molecular weight is 312 g/mol. The lowest BCUT2D eigenvalue weighted by Crippen LogP contribution is -2.43. The molecule has 0 aromatic heterocycles. The predicted molar refractivity (Wildman–Crippen MR) is 77.2 cm³/mol. The molecule has 1 aliphatic heterocycles. The van der Waals surface area contributed by atoms with Crippen LogP contribution in [0.4, 0.5) is 5.69 Å². The van der Waals surface area contributed by atoms with Crippen molar-refractivity contribution in [2.45, 2.75) is 16.9 Å². The number of nitrogens with zero attached hydrogens (tertiary/aromatic N) is 1. The molecule has 1 saturated heterocycles. The number of amides is 1. The Bertz CT molecular complexity index is 514. The summed E-state index contributed by atoms with van der Waals surface area (Å²) in [6.45, 7) is 0.916. The number of carbonyl (C=O) groups excluding carboxylic acids is 1. The van der Waals surface area contributed by atoms with E-state index in [-0.39, 0.29) is 30.5 Å². The lowest BCUT2D eigenvalue weighted by Gasteiger charge is -2.20. The fraction of sp³-hybridized carbons (Fsp3) is 0.462. The molecule has 1 amide bonds. The maximum atomic E-state index is 11.7. The number of nitro benzene ring substituents is 1. The molecule has 1 aliphatic rings. The van der Waals surface area contributed by atoms with E-state index in [4.69, 9.17) is 4.74 Å². The van der Waals surface area contributed by atoms with Crippen molar-refractivity contribution in [3.05, 3.63) is 34.4 Å². The van der Waals surface area contributed by atoms with Gasteiger partial charge in [0.2, 0.25) is 5.91 Å². The second-order valence-electron chi connectivity index (χ2n) is 4.84. The number of nitrogens with one attached hydrogen (secondary N) is 1. The summed E-state index contributed by atoms with van der Waals surface area (Å²) in [7, 11) is 0.